The highest BCUT2D eigenvalue weighted by Gasteiger charge is 2.19. The molecular weight excluding hydrogens is 569 g/mol. The number of amides is 2. The van der Waals surface area contributed by atoms with Crippen molar-refractivity contribution >= 4 is 28.5 Å². The normalized spacial score (nSPS) is 10.8. The van der Waals surface area contributed by atoms with Gasteiger partial charge in [-0.15, -0.1) is 0 Å². The van der Waals surface area contributed by atoms with Gasteiger partial charge in [0.25, 0.3) is 5.91 Å². The summed E-state index contributed by atoms with van der Waals surface area (Å²) in [5.41, 5.74) is 0.376. The molecule has 0 aliphatic rings. The lowest BCUT2D eigenvalue weighted by Gasteiger charge is -2.15. The Bertz CT molecular complexity index is 1910. The highest BCUT2D eigenvalue weighted by molar-refractivity contribution is 6.04. The Kier molecular flexibility index (Phi) is 8.51. The number of hydrogen-bond donors (Lipinski definition) is 1. The average molecular weight is 598 g/mol. The summed E-state index contributed by atoms with van der Waals surface area (Å²) < 4.78 is 31.8. The zero-order chi connectivity index (χ0) is 31.4. The molecule has 12 heteroatoms. The quantitative estimate of drug-likeness (QED) is 0.258. The predicted octanol–water partition coefficient (Wildman–Crippen LogP) is 4.75. The number of aromatic nitrogens is 3. The number of carbonyl (C=O) groups is 2. The van der Waals surface area contributed by atoms with E-state index in [-0.39, 0.29) is 29.4 Å². The van der Waals surface area contributed by atoms with Gasteiger partial charge in [-0.3, -0.25) is 19.4 Å². The van der Waals surface area contributed by atoms with Gasteiger partial charge in [0.05, 0.1) is 25.9 Å². The monoisotopic (exact) mass is 597 g/mol. The number of methoxy groups -OCH3 is 2. The molecule has 11 nitrogen and oxygen atoms in total. The summed E-state index contributed by atoms with van der Waals surface area (Å²) in [6, 6.07) is 13.6. The largest absolute Gasteiger partial charge is 0.493 e. The first-order chi connectivity index (χ1) is 21.2. The minimum Gasteiger partial charge on any atom is -0.493 e. The summed E-state index contributed by atoms with van der Waals surface area (Å²) in [5, 5.41) is 3.31. The first-order valence-corrected chi connectivity index (χ1v) is 13.3. The van der Waals surface area contributed by atoms with Crippen LogP contribution in [0, 0.1) is 5.82 Å². The van der Waals surface area contributed by atoms with Crippen molar-refractivity contribution in [2.45, 2.75) is 6.54 Å². The molecule has 224 valence electrons. The van der Waals surface area contributed by atoms with Crippen LogP contribution in [0.3, 0.4) is 0 Å². The number of ether oxygens (including phenoxy) is 3. The molecule has 0 radical (unpaired) electrons. The Hall–Kier alpha value is -5.78. The molecule has 0 aliphatic carbocycles. The highest BCUT2D eigenvalue weighted by Crippen LogP contribution is 2.36. The smallest absolute Gasteiger partial charge is 0.262 e. The van der Waals surface area contributed by atoms with Crippen LogP contribution in [0.25, 0.3) is 22.0 Å². The van der Waals surface area contributed by atoms with Crippen molar-refractivity contribution in [2.24, 2.45) is 0 Å². The standard InChI is InChI=1S/C32H28FN5O6/c1-37(2)30(39)18-38-16-23(19-5-7-20(33)8-6-19)31(40)24(17-38)32(41)36-29-10-9-21(15-35-29)44-26-11-12-34-25-14-28(43-4)27(42-3)13-22(25)26/h5-17H,18H2,1-4H3,(H,35,36,41). The number of likely N-dealkylation sites (N-methyl/N-ethyl adjacent to an activating group) is 1. The van der Waals surface area contributed by atoms with Gasteiger partial charge in [0.2, 0.25) is 11.3 Å². The van der Waals surface area contributed by atoms with Gasteiger partial charge < -0.3 is 29.0 Å². The molecule has 0 bridgehead atoms. The van der Waals surface area contributed by atoms with Crippen molar-refractivity contribution < 1.29 is 28.2 Å². The van der Waals surface area contributed by atoms with E-state index >= 15 is 0 Å². The Morgan fingerprint density at radius 2 is 1.66 bits per heavy atom. The van der Waals surface area contributed by atoms with E-state index in [4.69, 9.17) is 14.2 Å². The van der Waals surface area contributed by atoms with E-state index in [1.54, 1.807) is 51.7 Å². The summed E-state index contributed by atoms with van der Waals surface area (Å²) in [5.74, 6) is 0.646. The number of halogens is 1. The van der Waals surface area contributed by atoms with Crippen molar-refractivity contribution in [1.82, 2.24) is 19.4 Å². The average Bonchev–Trinajstić information content (AvgIpc) is 3.02. The van der Waals surface area contributed by atoms with E-state index < -0.39 is 17.2 Å². The molecule has 0 saturated carbocycles. The van der Waals surface area contributed by atoms with Gasteiger partial charge in [0.15, 0.2) is 11.5 Å². The second-order valence-corrected chi connectivity index (χ2v) is 9.85. The lowest BCUT2D eigenvalue weighted by Crippen LogP contribution is -2.29. The molecule has 1 N–H and O–H groups in total. The second kappa shape index (κ2) is 12.6. The van der Waals surface area contributed by atoms with Crippen LogP contribution in [-0.2, 0) is 11.3 Å². The molecule has 0 fully saturated rings. The first-order valence-electron chi connectivity index (χ1n) is 13.3. The Balaban J connectivity index is 1.40. The summed E-state index contributed by atoms with van der Waals surface area (Å²) in [7, 11) is 6.28. The number of pyridine rings is 3. The van der Waals surface area contributed by atoms with Crippen molar-refractivity contribution in [3.05, 3.63) is 101 Å². The number of hydrogen-bond acceptors (Lipinski definition) is 8. The molecule has 2 amide bonds. The highest BCUT2D eigenvalue weighted by atomic mass is 19.1. The zero-order valence-electron chi connectivity index (χ0n) is 24.3. The summed E-state index contributed by atoms with van der Waals surface area (Å²) in [6.45, 7) is -0.117. The lowest BCUT2D eigenvalue weighted by molar-refractivity contribution is -0.129. The number of rotatable bonds is 9. The van der Waals surface area contributed by atoms with Gasteiger partial charge in [-0.1, -0.05) is 12.1 Å². The maximum absolute atomic E-state index is 13.5. The van der Waals surface area contributed by atoms with Crippen LogP contribution in [0.4, 0.5) is 10.2 Å². The van der Waals surface area contributed by atoms with Gasteiger partial charge in [-0.2, -0.15) is 0 Å². The SMILES string of the molecule is COc1cc2nccc(Oc3ccc(NC(=O)c4cn(CC(=O)N(C)C)cc(-c5ccc(F)cc5)c4=O)nc3)c2cc1OC. The summed E-state index contributed by atoms with van der Waals surface area (Å²) in [4.78, 5) is 49.1. The van der Waals surface area contributed by atoms with E-state index in [2.05, 4.69) is 15.3 Å². The molecule has 0 aliphatic heterocycles. The number of nitrogens with one attached hydrogen (secondary N) is 1. The van der Waals surface area contributed by atoms with Gasteiger partial charge in [-0.25, -0.2) is 9.37 Å². The lowest BCUT2D eigenvalue weighted by atomic mass is 10.0. The fourth-order valence-electron chi connectivity index (χ4n) is 4.38. The number of fused-ring (bicyclic) bond motifs is 1. The Morgan fingerprint density at radius 3 is 2.32 bits per heavy atom. The van der Waals surface area contributed by atoms with Gasteiger partial charge in [-0.05, 0) is 42.0 Å². The molecule has 2 aromatic carbocycles. The minimum absolute atomic E-state index is 0.117. The molecule has 0 atom stereocenters. The van der Waals surface area contributed by atoms with E-state index in [9.17, 15) is 18.8 Å². The number of carbonyl (C=O) groups excluding carboxylic acids is 2. The first kappa shape index (κ1) is 29.7. The van der Waals surface area contributed by atoms with Gasteiger partial charge in [0.1, 0.15) is 35.2 Å². The molecule has 44 heavy (non-hydrogen) atoms. The molecule has 5 rings (SSSR count). The fraction of sp³-hybridized carbons (Fsp3) is 0.156. The molecule has 5 aromatic rings. The Labute approximate surface area is 251 Å². The fourth-order valence-corrected chi connectivity index (χ4v) is 4.38. The van der Waals surface area contributed by atoms with E-state index in [0.29, 0.717) is 39.5 Å². The molecular formula is C32H28FN5O6. The van der Waals surface area contributed by atoms with Crippen molar-refractivity contribution in [2.75, 3.05) is 33.6 Å². The molecule has 3 heterocycles. The van der Waals surface area contributed by atoms with Crippen LogP contribution < -0.4 is 25.0 Å². The van der Waals surface area contributed by atoms with E-state index in [0.717, 1.165) is 0 Å². The van der Waals surface area contributed by atoms with E-state index in [1.165, 1.54) is 65.5 Å². The predicted molar refractivity (Wildman–Crippen MR) is 162 cm³/mol. The second-order valence-electron chi connectivity index (χ2n) is 9.85. The van der Waals surface area contributed by atoms with Crippen LogP contribution in [0.2, 0.25) is 0 Å². The number of nitrogens with zero attached hydrogens (tertiary/aromatic N) is 4. The Morgan fingerprint density at radius 1 is 0.932 bits per heavy atom. The summed E-state index contributed by atoms with van der Waals surface area (Å²) in [6.07, 6.45) is 5.80. The van der Waals surface area contributed by atoms with Gasteiger partial charge in [0, 0.05) is 49.7 Å². The zero-order valence-corrected chi connectivity index (χ0v) is 24.3. The van der Waals surface area contributed by atoms with Crippen LogP contribution in [0.15, 0.2) is 84.2 Å². The third-order valence-corrected chi connectivity index (χ3v) is 6.71. The van der Waals surface area contributed by atoms with Gasteiger partial charge >= 0.3 is 0 Å². The van der Waals surface area contributed by atoms with Crippen LogP contribution >= 0.6 is 0 Å². The van der Waals surface area contributed by atoms with Crippen LogP contribution in [-0.4, -0.2) is 59.6 Å². The van der Waals surface area contributed by atoms with Crippen LogP contribution in [0.5, 0.6) is 23.0 Å². The minimum atomic E-state index is -0.729. The molecule has 0 saturated heterocycles. The van der Waals surface area contributed by atoms with E-state index in [1.807, 2.05) is 0 Å². The topological polar surface area (TPSA) is 125 Å². The molecule has 3 aromatic heterocycles. The number of benzene rings is 2. The maximum Gasteiger partial charge on any atom is 0.262 e. The third kappa shape index (κ3) is 6.33. The summed E-state index contributed by atoms with van der Waals surface area (Å²) >= 11 is 0. The van der Waals surface area contributed by atoms with Crippen molar-refractivity contribution in [3.8, 4) is 34.1 Å². The third-order valence-electron chi connectivity index (χ3n) is 6.71. The maximum atomic E-state index is 13.5. The van der Waals surface area contributed by atoms with Crippen molar-refractivity contribution in [1.29, 1.82) is 0 Å². The molecule has 0 unspecified atom stereocenters. The number of anilines is 1. The molecule has 0 spiro atoms. The van der Waals surface area contributed by atoms with Crippen LogP contribution in [0.1, 0.15) is 10.4 Å². The van der Waals surface area contributed by atoms with Crippen molar-refractivity contribution in [3.63, 3.8) is 0 Å².